The number of rotatable bonds is 6. The van der Waals surface area contributed by atoms with Crippen molar-refractivity contribution in [3.8, 4) is 0 Å². The number of nitrogens with one attached hydrogen (secondary N) is 1. The minimum absolute atomic E-state index is 0.0109. The fraction of sp³-hybridized carbons (Fsp3) is 0.526. The number of benzene rings is 1. The van der Waals surface area contributed by atoms with Gasteiger partial charge in [0.25, 0.3) is 11.8 Å². The zero-order valence-electron chi connectivity index (χ0n) is 15.0. The van der Waals surface area contributed by atoms with Crippen LogP contribution in [0.5, 0.6) is 0 Å². The summed E-state index contributed by atoms with van der Waals surface area (Å²) in [6.07, 6.45) is 3.45. The van der Waals surface area contributed by atoms with Crippen LogP contribution in [-0.4, -0.2) is 48.4 Å². The summed E-state index contributed by atoms with van der Waals surface area (Å²) in [6.45, 7) is 3.18. The van der Waals surface area contributed by atoms with Crippen molar-refractivity contribution in [1.29, 1.82) is 0 Å². The third-order valence-electron chi connectivity index (χ3n) is 4.29. The maximum absolute atomic E-state index is 12.3. The van der Waals surface area contributed by atoms with Crippen LogP contribution in [0.15, 0.2) is 24.3 Å². The van der Waals surface area contributed by atoms with Crippen molar-refractivity contribution in [3.05, 3.63) is 34.9 Å². The van der Waals surface area contributed by atoms with E-state index in [2.05, 4.69) is 5.32 Å². The van der Waals surface area contributed by atoms with Gasteiger partial charge in [-0.05, 0) is 44.0 Å². The largest absolute Gasteiger partial charge is 0.452 e. The molecule has 1 N–H and O–H groups in total. The number of ether oxygens (including phenoxy) is 1. The second-order valence-corrected chi connectivity index (χ2v) is 6.82. The lowest BCUT2D eigenvalue weighted by molar-refractivity contribution is -0.159. The zero-order chi connectivity index (χ0) is 18.9. The number of carbonyl (C=O) groups excluding carboxylic acids is 3. The summed E-state index contributed by atoms with van der Waals surface area (Å²) in [5.41, 5.74) is 0.465. The van der Waals surface area contributed by atoms with Gasteiger partial charge in [-0.15, -0.1) is 0 Å². The lowest BCUT2D eigenvalue weighted by Crippen LogP contribution is -2.40. The smallest absolute Gasteiger partial charge is 0.308 e. The average molecular weight is 381 g/mol. The van der Waals surface area contributed by atoms with Crippen LogP contribution >= 0.6 is 11.6 Å². The number of likely N-dealkylation sites (tertiary alicyclic amines) is 1. The van der Waals surface area contributed by atoms with Crippen molar-refractivity contribution in [1.82, 2.24) is 10.2 Å². The van der Waals surface area contributed by atoms with Gasteiger partial charge in [0.2, 0.25) is 0 Å². The molecule has 142 valence electrons. The van der Waals surface area contributed by atoms with E-state index >= 15 is 0 Å². The van der Waals surface area contributed by atoms with E-state index in [1.807, 2.05) is 0 Å². The van der Waals surface area contributed by atoms with Gasteiger partial charge in [0.1, 0.15) is 0 Å². The molecule has 0 spiro atoms. The molecular weight excluding hydrogens is 356 g/mol. The van der Waals surface area contributed by atoms with Crippen molar-refractivity contribution >= 4 is 29.4 Å². The van der Waals surface area contributed by atoms with Crippen molar-refractivity contribution in [2.24, 2.45) is 0 Å². The quantitative estimate of drug-likeness (QED) is 0.770. The molecule has 0 aromatic heterocycles. The Morgan fingerprint density at radius 1 is 1.12 bits per heavy atom. The first-order valence-electron chi connectivity index (χ1n) is 8.99. The average Bonchev–Trinajstić information content (AvgIpc) is 2.90. The fourth-order valence-corrected chi connectivity index (χ4v) is 2.96. The van der Waals surface area contributed by atoms with Gasteiger partial charge < -0.3 is 15.0 Å². The number of hydrogen-bond acceptors (Lipinski definition) is 4. The van der Waals surface area contributed by atoms with Crippen LogP contribution in [0.25, 0.3) is 0 Å². The molecule has 1 heterocycles. The van der Waals surface area contributed by atoms with Gasteiger partial charge in [0.05, 0.1) is 6.42 Å². The highest BCUT2D eigenvalue weighted by Crippen LogP contribution is 2.12. The van der Waals surface area contributed by atoms with Crippen LogP contribution in [0.1, 0.15) is 49.4 Å². The number of hydrogen-bond donors (Lipinski definition) is 1. The van der Waals surface area contributed by atoms with Crippen LogP contribution in [0, 0.1) is 0 Å². The van der Waals surface area contributed by atoms with Gasteiger partial charge in [-0.25, -0.2) is 0 Å². The summed E-state index contributed by atoms with van der Waals surface area (Å²) in [5, 5.41) is 3.19. The van der Waals surface area contributed by atoms with E-state index in [1.54, 1.807) is 36.1 Å². The van der Waals surface area contributed by atoms with Crippen LogP contribution in [0.3, 0.4) is 0 Å². The molecule has 0 unspecified atom stereocenters. The molecule has 1 aromatic carbocycles. The van der Waals surface area contributed by atoms with E-state index in [4.69, 9.17) is 16.3 Å². The highest BCUT2D eigenvalue weighted by Gasteiger charge is 2.24. The highest BCUT2D eigenvalue weighted by molar-refractivity contribution is 6.30. The zero-order valence-corrected chi connectivity index (χ0v) is 15.8. The summed E-state index contributed by atoms with van der Waals surface area (Å²) >= 11 is 5.78. The Morgan fingerprint density at radius 3 is 2.35 bits per heavy atom. The van der Waals surface area contributed by atoms with Crippen LogP contribution in [-0.2, 0) is 14.3 Å². The molecule has 7 heteroatoms. The Kier molecular flexibility index (Phi) is 7.91. The maximum Gasteiger partial charge on any atom is 0.308 e. The second-order valence-electron chi connectivity index (χ2n) is 6.38. The molecule has 1 saturated heterocycles. The van der Waals surface area contributed by atoms with Gasteiger partial charge in [0.15, 0.2) is 6.10 Å². The standard InChI is InChI=1S/C19H25ClN2O4/c1-14(19(25)22-12-4-2-3-5-13-22)26-17(23)10-11-21-18(24)15-6-8-16(20)9-7-15/h6-9,14H,2-5,10-13H2,1H3,(H,21,24)/t14-/m1/s1. The van der Waals surface area contributed by atoms with E-state index in [-0.39, 0.29) is 24.8 Å². The number of esters is 1. The van der Waals surface area contributed by atoms with Crippen LogP contribution in [0.4, 0.5) is 0 Å². The Hall–Kier alpha value is -2.08. The van der Waals surface area contributed by atoms with E-state index < -0.39 is 12.1 Å². The van der Waals surface area contributed by atoms with E-state index in [0.717, 1.165) is 38.8 Å². The molecule has 1 aliphatic rings. The fourth-order valence-electron chi connectivity index (χ4n) is 2.84. The van der Waals surface area contributed by atoms with Crippen molar-refractivity contribution in [3.63, 3.8) is 0 Å². The molecule has 0 aliphatic carbocycles. The van der Waals surface area contributed by atoms with Gasteiger partial charge in [-0.2, -0.15) is 0 Å². The van der Waals surface area contributed by atoms with Crippen molar-refractivity contribution in [2.45, 2.75) is 45.1 Å². The number of amides is 2. The third kappa shape index (κ3) is 6.33. The highest BCUT2D eigenvalue weighted by atomic mass is 35.5. The SMILES string of the molecule is C[C@@H](OC(=O)CCNC(=O)c1ccc(Cl)cc1)C(=O)N1CCCCCC1. The summed E-state index contributed by atoms with van der Waals surface area (Å²) in [5.74, 6) is -0.939. The summed E-state index contributed by atoms with van der Waals surface area (Å²) in [7, 11) is 0. The minimum atomic E-state index is -0.799. The first kappa shape index (κ1) is 20.2. The van der Waals surface area contributed by atoms with Crippen LogP contribution < -0.4 is 5.32 Å². The molecule has 0 radical (unpaired) electrons. The Bertz CT molecular complexity index is 625. The minimum Gasteiger partial charge on any atom is -0.452 e. The lowest BCUT2D eigenvalue weighted by Gasteiger charge is -2.24. The van der Waals surface area contributed by atoms with Gasteiger partial charge in [0, 0.05) is 30.2 Å². The third-order valence-corrected chi connectivity index (χ3v) is 4.55. The van der Waals surface area contributed by atoms with E-state index in [0.29, 0.717) is 10.6 Å². The van der Waals surface area contributed by atoms with Crippen molar-refractivity contribution in [2.75, 3.05) is 19.6 Å². The van der Waals surface area contributed by atoms with Gasteiger partial charge in [-0.1, -0.05) is 24.4 Å². The summed E-state index contributed by atoms with van der Waals surface area (Å²) in [4.78, 5) is 38.0. The molecule has 0 bridgehead atoms. The van der Waals surface area contributed by atoms with Crippen LogP contribution in [0.2, 0.25) is 5.02 Å². The van der Waals surface area contributed by atoms with Gasteiger partial charge in [-0.3, -0.25) is 14.4 Å². The Balaban J connectivity index is 1.71. The molecule has 0 saturated carbocycles. The topological polar surface area (TPSA) is 75.7 Å². The first-order valence-corrected chi connectivity index (χ1v) is 9.37. The van der Waals surface area contributed by atoms with Gasteiger partial charge >= 0.3 is 5.97 Å². The normalized spacial score (nSPS) is 15.7. The summed E-state index contributed by atoms with van der Waals surface area (Å²) in [6, 6.07) is 6.47. The maximum atomic E-state index is 12.3. The van der Waals surface area contributed by atoms with Crippen molar-refractivity contribution < 1.29 is 19.1 Å². The molecule has 2 rings (SSSR count). The number of carbonyl (C=O) groups is 3. The molecule has 1 aromatic rings. The summed E-state index contributed by atoms with van der Waals surface area (Å²) < 4.78 is 5.21. The van der Waals surface area contributed by atoms with E-state index in [9.17, 15) is 14.4 Å². The number of halogens is 1. The molecule has 1 atom stereocenters. The molecule has 26 heavy (non-hydrogen) atoms. The predicted molar refractivity (Wildman–Crippen MR) is 99.0 cm³/mol. The van der Waals surface area contributed by atoms with E-state index in [1.165, 1.54) is 0 Å². The molecular formula is C19H25ClN2O4. The number of nitrogens with zero attached hydrogens (tertiary/aromatic N) is 1. The molecule has 1 fully saturated rings. The Morgan fingerprint density at radius 2 is 1.73 bits per heavy atom. The monoisotopic (exact) mass is 380 g/mol. The molecule has 2 amide bonds. The second kappa shape index (κ2) is 10.2. The molecule has 1 aliphatic heterocycles. The first-order chi connectivity index (χ1) is 12.5. The predicted octanol–water partition coefficient (Wildman–Crippen LogP) is 2.79. The Labute approximate surface area is 158 Å². The molecule has 6 nitrogen and oxygen atoms in total. The lowest BCUT2D eigenvalue weighted by atomic mass is 10.2.